The zero-order chi connectivity index (χ0) is 24.0. The second kappa shape index (κ2) is 10.3. The minimum atomic E-state index is 0.161. The lowest BCUT2D eigenvalue weighted by molar-refractivity contribution is 0.120. The number of hydrogen-bond acceptors (Lipinski definition) is 2. The molecular formula is C33H28O2. The van der Waals surface area contributed by atoms with Crippen LogP contribution in [-0.4, -0.2) is 6.79 Å². The first kappa shape index (κ1) is 22.5. The van der Waals surface area contributed by atoms with Gasteiger partial charge in [0.25, 0.3) is 0 Å². The third-order valence-electron chi connectivity index (χ3n) is 6.15. The Morgan fingerprint density at radius 3 is 0.857 bits per heavy atom. The molecule has 0 spiro atoms. The van der Waals surface area contributed by atoms with E-state index in [1.54, 1.807) is 0 Å². The molecule has 0 unspecified atom stereocenters. The zero-order valence-corrected chi connectivity index (χ0v) is 20.1. The van der Waals surface area contributed by atoms with Gasteiger partial charge in [-0.3, -0.25) is 0 Å². The lowest BCUT2D eigenvalue weighted by Crippen LogP contribution is -2.05. The van der Waals surface area contributed by atoms with Gasteiger partial charge in [0.2, 0.25) is 6.79 Å². The number of hydrogen-bond donors (Lipinski definition) is 0. The second-order valence-corrected chi connectivity index (χ2v) is 8.76. The number of aryl methyl sites for hydroxylation is 2. The molecule has 0 aliphatic heterocycles. The van der Waals surface area contributed by atoms with Crippen molar-refractivity contribution in [1.82, 2.24) is 0 Å². The van der Waals surface area contributed by atoms with Gasteiger partial charge >= 0.3 is 0 Å². The molecule has 2 nitrogen and oxygen atoms in total. The summed E-state index contributed by atoms with van der Waals surface area (Å²) in [5, 5.41) is 0. The molecule has 0 heterocycles. The Bertz CT molecular complexity index is 1360. The molecule has 0 aromatic heterocycles. The van der Waals surface area contributed by atoms with E-state index >= 15 is 0 Å². The van der Waals surface area contributed by atoms with E-state index in [0.29, 0.717) is 0 Å². The zero-order valence-electron chi connectivity index (χ0n) is 20.1. The van der Waals surface area contributed by atoms with Gasteiger partial charge in [-0.15, -0.1) is 0 Å². The van der Waals surface area contributed by atoms with Crippen molar-refractivity contribution in [3.05, 3.63) is 132 Å². The maximum atomic E-state index is 5.79. The van der Waals surface area contributed by atoms with Crippen LogP contribution in [0.4, 0.5) is 0 Å². The molecule has 0 atom stereocenters. The Balaban J connectivity index is 1.15. The first-order valence-corrected chi connectivity index (χ1v) is 11.8. The molecule has 0 radical (unpaired) electrons. The molecule has 0 fully saturated rings. The smallest absolute Gasteiger partial charge is 0.230 e. The fourth-order valence-corrected chi connectivity index (χ4v) is 4.00. The van der Waals surface area contributed by atoms with E-state index in [4.69, 9.17) is 9.47 Å². The van der Waals surface area contributed by atoms with Crippen molar-refractivity contribution in [3.63, 3.8) is 0 Å². The maximum Gasteiger partial charge on any atom is 0.230 e. The Kier molecular flexibility index (Phi) is 6.63. The predicted molar refractivity (Wildman–Crippen MR) is 145 cm³/mol. The summed E-state index contributed by atoms with van der Waals surface area (Å²) < 4.78 is 11.6. The predicted octanol–water partition coefficient (Wildman–Crippen LogP) is 8.72. The van der Waals surface area contributed by atoms with E-state index < -0.39 is 0 Å². The van der Waals surface area contributed by atoms with Gasteiger partial charge in [0.1, 0.15) is 11.5 Å². The summed E-state index contributed by atoms with van der Waals surface area (Å²) in [4.78, 5) is 0. The quantitative estimate of drug-likeness (QED) is 0.228. The third-order valence-corrected chi connectivity index (χ3v) is 6.15. The highest BCUT2D eigenvalue weighted by Gasteiger charge is 2.03. The molecule has 0 N–H and O–H groups in total. The summed E-state index contributed by atoms with van der Waals surface area (Å²) in [7, 11) is 0. The first-order valence-electron chi connectivity index (χ1n) is 11.8. The molecule has 5 rings (SSSR count). The van der Waals surface area contributed by atoms with Gasteiger partial charge in [0, 0.05) is 0 Å². The van der Waals surface area contributed by atoms with Crippen molar-refractivity contribution in [2.24, 2.45) is 0 Å². The lowest BCUT2D eigenvalue weighted by atomic mass is 10.00. The average molecular weight is 457 g/mol. The van der Waals surface area contributed by atoms with Crippen LogP contribution in [0.2, 0.25) is 0 Å². The second-order valence-electron chi connectivity index (χ2n) is 8.76. The molecule has 35 heavy (non-hydrogen) atoms. The van der Waals surface area contributed by atoms with Crippen LogP contribution in [0.1, 0.15) is 11.1 Å². The van der Waals surface area contributed by atoms with Crippen LogP contribution in [-0.2, 0) is 0 Å². The summed E-state index contributed by atoms with van der Waals surface area (Å²) in [6.07, 6.45) is 0. The topological polar surface area (TPSA) is 18.5 Å². The van der Waals surface area contributed by atoms with E-state index in [1.165, 1.54) is 38.9 Å². The van der Waals surface area contributed by atoms with Crippen LogP contribution in [0.5, 0.6) is 11.5 Å². The minimum Gasteiger partial charge on any atom is -0.458 e. The molecule has 0 saturated carbocycles. The highest BCUT2D eigenvalue weighted by molar-refractivity contribution is 5.71. The van der Waals surface area contributed by atoms with Crippen molar-refractivity contribution in [1.29, 1.82) is 0 Å². The standard InChI is InChI=1S/C33H28O2/c1-24-3-7-26(8-4-24)28-11-13-29(14-12-28)31-17-21-33(22-18-31)35-23-34-32-19-15-30(16-20-32)27-9-5-25(2)6-10-27/h3-22H,23H2,1-2H3. The first-order chi connectivity index (χ1) is 17.1. The van der Waals surface area contributed by atoms with Gasteiger partial charge in [-0.05, 0) is 71.5 Å². The Morgan fingerprint density at radius 1 is 0.343 bits per heavy atom. The van der Waals surface area contributed by atoms with Gasteiger partial charge in [-0.1, -0.05) is 108 Å². The Labute approximate surface area is 207 Å². The van der Waals surface area contributed by atoms with Crippen LogP contribution >= 0.6 is 0 Å². The summed E-state index contributed by atoms with van der Waals surface area (Å²) in [5.41, 5.74) is 9.68. The molecule has 5 aromatic carbocycles. The van der Waals surface area contributed by atoms with Crippen LogP contribution in [0.15, 0.2) is 121 Å². The van der Waals surface area contributed by atoms with Gasteiger partial charge in [-0.2, -0.15) is 0 Å². The fraction of sp³-hybridized carbons (Fsp3) is 0.0909. The minimum absolute atomic E-state index is 0.161. The fourth-order valence-electron chi connectivity index (χ4n) is 4.00. The highest BCUT2D eigenvalue weighted by atomic mass is 16.7. The number of benzene rings is 5. The van der Waals surface area contributed by atoms with E-state index in [2.05, 4.69) is 111 Å². The summed E-state index contributed by atoms with van der Waals surface area (Å²) >= 11 is 0. The average Bonchev–Trinajstić information content (AvgIpc) is 2.91. The Hall–Kier alpha value is -4.30. The van der Waals surface area contributed by atoms with E-state index in [-0.39, 0.29) is 6.79 Å². The van der Waals surface area contributed by atoms with Gasteiger partial charge in [-0.25, -0.2) is 0 Å². The molecule has 0 aliphatic carbocycles. The number of ether oxygens (including phenoxy) is 2. The SMILES string of the molecule is Cc1ccc(-c2ccc(OCOc3ccc(-c4ccc(-c5ccc(C)cc5)cc4)cc3)cc2)cc1. The largest absolute Gasteiger partial charge is 0.458 e. The Morgan fingerprint density at radius 2 is 0.571 bits per heavy atom. The molecule has 0 bridgehead atoms. The van der Waals surface area contributed by atoms with E-state index in [9.17, 15) is 0 Å². The molecular weight excluding hydrogens is 428 g/mol. The summed E-state index contributed by atoms with van der Waals surface area (Å²) in [6, 6.07) is 42.0. The van der Waals surface area contributed by atoms with Crippen molar-refractivity contribution < 1.29 is 9.47 Å². The van der Waals surface area contributed by atoms with E-state index in [1.807, 2.05) is 24.3 Å². The van der Waals surface area contributed by atoms with E-state index in [0.717, 1.165) is 17.1 Å². The normalized spacial score (nSPS) is 10.7. The van der Waals surface area contributed by atoms with Crippen molar-refractivity contribution >= 4 is 0 Å². The van der Waals surface area contributed by atoms with Gasteiger partial charge < -0.3 is 9.47 Å². The lowest BCUT2D eigenvalue weighted by Gasteiger charge is -2.10. The molecule has 0 saturated heterocycles. The van der Waals surface area contributed by atoms with Crippen molar-refractivity contribution in [2.45, 2.75) is 13.8 Å². The van der Waals surface area contributed by atoms with Crippen molar-refractivity contribution in [2.75, 3.05) is 6.79 Å². The molecule has 0 amide bonds. The highest BCUT2D eigenvalue weighted by Crippen LogP contribution is 2.27. The third kappa shape index (κ3) is 5.62. The molecule has 2 heteroatoms. The van der Waals surface area contributed by atoms with Crippen LogP contribution in [0.3, 0.4) is 0 Å². The van der Waals surface area contributed by atoms with Crippen LogP contribution in [0.25, 0.3) is 33.4 Å². The van der Waals surface area contributed by atoms with Gasteiger partial charge in [0.05, 0.1) is 0 Å². The monoisotopic (exact) mass is 456 g/mol. The molecule has 172 valence electrons. The summed E-state index contributed by atoms with van der Waals surface area (Å²) in [5.74, 6) is 1.56. The van der Waals surface area contributed by atoms with Crippen LogP contribution in [0, 0.1) is 13.8 Å². The van der Waals surface area contributed by atoms with Crippen LogP contribution < -0.4 is 9.47 Å². The number of rotatable bonds is 7. The van der Waals surface area contributed by atoms with Gasteiger partial charge in [0.15, 0.2) is 0 Å². The van der Waals surface area contributed by atoms with Crippen molar-refractivity contribution in [3.8, 4) is 44.9 Å². The molecule has 5 aromatic rings. The maximum absolute atomic E-state index is 5.79. The summed E-state index contributed by atoms with van der Waals surface area (Å²) in [6.45, 7) is 4.36. The molecule has 0 aliphatic rings.